The van der Waals surface area contributed by atoms with Gasteiger partial charge >= 0.3 is 5.97 Å². The van der Waals surface area contributed by atoms with Crippen molar-refractivity contribution in [1.82, 2.24) is 10.4 Å². The molecule has 0 aliphatic carbocycles. The molecule has 1 unspecified atom stereocenters. The number of unbranched alkanes of at least 4 members (excludes halogenated alkanes) is 3. The molecule has 1 atom stereocenters. The molecule has 0 radical (unpaired) electrons. The molecule has 1 N–H and O–H groups in total. The van der Waals surface area contributed by atoms with Gasteiger partial charge in [-0.25, -0.2) is 9.86 Å². The van der Waals surface area contributed by atoms with Crippen molar-refractivity contribution in [3.05, 3.63) is 47.5 Å². The van der Waals surface area contributed by atoms with E-state index in [9.17, 15) is 14.4 Å². The van der Waals surface area contributed by atoms with Gasteiger partial charge in [0.25, 0.3) is 0 Å². The molecule has 1 aromatic rings. The van der Waals surface area contributed by atoms with Crippen LogP contribution < -0.4 is 5.32 Å². The summed E-state index contributed by atoms with van der Waals surface area (Å²) in [6.45, 7) is 2.91. The number of allylic oxidation sites excluding steroid dienone is 1. The molecule has 0 saturated carbocycles. The van der Waals surface area contributed by atoms with E-state index in [4.69, 9.17) is 9.57 Å². The molecule has 30 heavy (non-hydrogen) atoms. The van der Waals surface area contributed by atoms with E-state index >= 15 is 0 Å². The quantitative estimate of drug-likeness (QED) is 0.0916. The first-order chi connectivity index (χ1) is 14.6. The molecule has 1 aromatic carbocycles. The lowest BCUT2D eigenvalue weighted by Crippen LogP contribution is -2.36. The summed E-state index contributed by atoms with van der Waals surface area (Å²) in [5.41, 5.74) is 2.05. The summed E-state index contributed by atoms with van der Waals surface area (Å²) in [6, 6.07) is 8.95. The smallest absolute Gasteiger partial charge is 0.332 e. The number of carbonyl (C=O) groups is 3. The van der Waals surface area contributed by atoms with Crippen molar-refractivity contribution in [3.63, 3.8) is 0 Å². The van der Waals surface area contributed by atoms with E-state index in [1.54, 1.807) is 13.0 Å². The van der Waals surface area contributed by atoms with Crippen molar-refractivity contribution in [2.75, 3.05) is 18.5 Å². The van der Waals surface area contributed by atoms with Gasteiger partial charge in [0.05, 0.1) is 6.61 Å². The van der Waals surface area contributed by atoms with Gasteiger partial charge in [0.1, 0.15) is 12.6 Å². The van der Waals surface area contributed by atoms with Gasteiger partial charge in [0, 0.05) is 11.9 Å². The third-order valence-corrected chi connectivity index (χ3v) is 5.07. The molecular formula is C22H31BrN2O5. The van der Waals surface area contributed by atoms with Crippen molar-refractivity contribution in [2.24, 2.45) is 0 Å². The second kappa shape index (κ2) is 16.6. The number of alkyl halides is 1. The molecule has 0 aromatic heterocycles. The van der Waals surface area contributed by atoms with Crippen LogP contribution in [0, 0.1) is 0 Å². The standard InChI is InChI=1S/C22H31BrN2O5/c1-2-29-22(28)21(24-17-26)14-20(15-23)12-6-3-4-9-13-25(18-27)30-16-19-10-7-5-8-11-19/h5,7-8,10-11,14,17-18,21H,2-4,6,9,12-13,15-16H2,1H3,(H,24,26). The molecule has 7 nitrogen and oxygen atoms in total. The third-order valence-electron chi connectivity index (χ3n) is 4.35. The molecule has 0 heterocycles. The minimum absolute atomic E-state index is 0.264. The lowest BCUT2D eigenvalue weighted by atomic mass is 10.1. The number of halogens is 1. The summed E-state index contributed by atoms with van der Waals surface area (Å²) in [7, 11) is 0. The van der Waals surface area contributed by atoms with Crippen LogP contribution >= 0.6 is 15.9 Å². The predicted molar refractivity (Wildman–Crippen MR) is 119 cm³/mol. The van der Waals surface area contributed by atoms with Crippen LogP contribution in [0.5, 0.6) is 0 Å². The SMILES string of the molecule is CCOC(=O)C(C=C(CBr)CCCCCCN(C=O)OCc1ccccc1)NC=O. The Bertz CT molecular complexity index is 654. The van der Waals surface area contributed by atoms with E-state index in [-0.39, 0.29) is 6.61 Å². The van der Waals surface area contributed by atoms with Gasteiger partial charge in [-0.05, 0) is 31.7 Å². The number of nitrogens with zero attached hydrogens (tertiary/aromatic N) is 1. The molecule has 0 fully saturated rings. The maximum atomic E-state index is 11.9. The van der Waals surface area contributed by atoms with Crippen molar-refractivity contribution in [2.45, 2.75) is 51.7 Å². The van der Waals surface area contributed by atoms with Crippen molar-refractivity contribution in [3.8, 4) is 0 Å². The predicted octanol–water partition coefficient (Wildman–Crippen LogP) is 3.53. The summed E-state index contributed by atoms with van der Waals surface area (Å²) in [5, 5.41) is 4.44. The zero-order valence-corrected chi connectivity index (χ0v) is 19.0. The number of benzene rings is 1. The first-order valence-electron chi connectivity index (χ1n) is 10.1. The number of ether oxygens (including phenoxy) is 1. The van der Waals surface area contributed by atoms with Crippen LogP contribution in [0.4, 0.5) is 0 Å². The number of hydroxylamine groups is 2. The Balaban J connectivity index is 2.30. The van der Waals surface area contributed by atoms with Crippen LogP contribution in [0.15, 0.2) is 42.0 Å². The highest BCUT2D eigenvalue weighted by Crippen LogP contribution is 2.14. The molecule has 8 heteroatoms. The maximum absolute atomic E-state index is 11.9. The fraction of sp³-hybridized carbons (Fsp3) is 0.500. The van der Waals surface area contributed by atoms with Gasteiger partial charge in [0.15, 0.2) is 0 Å². The number of hydrogen-bond acceptors (Lipinski definition) is 5. The largest absolute Gasteiger partial charge is 0.464 e. The Morgan fingerprint density at radius 3 is 2.53 bits per heavy atom. The normalized spacial score (nSPS) is 12.1. The highest BCUT2D eigenvalue weighted by molar-refractivity contribution is 9.09. The molecule has 0 spiro atoms. The lowest BCUT2D eigenvalue weighted by Gasteiger charge is -2.17. The van der Waals surface area contributed by atoms with Gasteiger partial charge in [0.2, 0.25) is 12.8 Å². The lowest BCUT2D eigenvalue weighted by molar-refractivity contribution is -0.177. The highest BCUT2D eigenvalue weighted by Gasteiger charge is 2.16. The Morgan fingerprint density at radius 2 is 1.90 bits per heavy atom. The van der Waals surface area contributed by atoms with E-state index in [1.807, 2.05) is 30.3 Å². The topological polar surface area (TPSA) is 84.9 Å². The maximum Gasteiger partial charge on any atom is 0.332 e. The van der Waals surface area contributed by atoms with Crippen LogP contribution in [0.3, 0.4) is 0 Å². The molecule has 166 valence electrons. The van der Waals surface area contributed by atoms with E-state index in [0.717, 1.165) is 43.2 Å². The third kappa shape index (κ3) is 11.1. The Hall–Kier alpha value is -2.19. The van der Waals surface area contributed by atoms with Crippen molar-refractivity contribution in [1.29, 1.82) is 0 Å². The zero-order chi connectivity index (χ0) is 22.0. The van der Waals surface area contributed by atoms with Gasteiger partial charge < -0.3 is 10.1 Å². The van der Waals surface area contributed by atoms with Gasteiger partial charge in [-0.1, -0.05) is 70.8 Å². The zero-order valence-electron chi connectivity index (χ0n) is 17.4. The van der Waals surface area contributed by atoms with Crippen LogP contribution in [0.2, 0.25) is 0 Å². The fourth-order valence-corrected chi connectivity index (χ4v) is 3.24. The second-order valence-electron chi connectivity index (χ2n) is 6.64. The fourth-order valence-electron chi connectivity index (χ4n) is 2.77. The summed E-state index contributed by atoms with van der Waals surface area (Å²) in [4.78, 5) is 39.3. The van der Waals surface area contributed by atoms with Crippen molar-refractivity contribution >= 4 is 34.7 Å². The van der Waals surface area contributed by atoms with Crippen LogP contribution in [-0.4, -0.2) is 48.4 Å². The summed E-state index contributed by atoms with van der Waals surface area (Å²) >= 11 is 3.43. The van der Waals surface area contributed by atoms with Crippen molar-refractivity contribution < 1.29 is 24.0 Å². The number of amides is 2. The van der Waals surface area contributed by atoms with Crippen LogP contribution in [-0.2, 0) is 30.6 Å². The molecule has 2 amide bonds. The number of carbonyl (C=O) groups excluding carboxylic acids is 3. The van der Waals surface area contributed by atoms with E-state index in [1.165, 1.54) is 5.06 Å². The average molecular weight is 483 g/mol. The molecule has 0 aliphatic heterocycles. The number of esters is 1. The number of hydrogen-bond donors (Lipinski definition) is 1. The van der Waals surface area contributed by atoms with E-state index in [2.05, 4.69) is 21.2 Å². The average Bonchev–Trinajstić information content (AvgIpc) is 2.77. The number of rotatable bonds is 17. The number of nitrogens with one attached hydrogen (secondary N) is 1. The minimum atomic E-state index is -0.766. The molecular weight excluding hydrogens is 452 g/mol. The first kappa shape index (κ1) is 25.8. The van der Waals surface area contributed by atoms with Gasteiger partial charge in [-0.3, -0.25) is 14.4 Å². The second-order valence-corrected chi connectivity index (χ2v) is 7.20. The van der Waals surface area contributed by atoms with Crippen LogP contribution in [0.25, 0.3) is 0 Å². The molecule has 0 aliphatic rings. The first-order valence-corrected chi connectivity index (χ1v) is 11.3. The molecule has 1 rings (SSSR count). The summed E-state index contributed by atoms with van der Waals surface area (Å²) in [6.07, 6.45) is 7.51. The van der Waals surface area contributed by atoms with E-state index in [0.29, 0.717) is 31.3 Å². The summed E-state index contributed by atoms with van der Waals surface area (Å²) < 4.78 is 4.98. The minimum Gasteiger partial charge on any atom is -0.464 e. The van der Waals surface area contributed by atoms with Crippen LogP contribution in [0.1, 0.15) is 44.6 Å². The monoisotopic (exact) mass is 482 g/mol. The highest BCUT2D eigenvalue weighted by atomic mass is 79.9. The van der Waals surface area contributed by atoms with Gasteiger partial charge in [-0.15, -0.1) is 0 Å². The summed E-state index contributed by atoms with van der Waals surface area (Å²) in [5.74, 6) is -0.465. The molecule has 0 saturated heterocycles. The Kier molecular flexibility index (Phi) is 14.3. The Labute approximate surface area is 186 Å². The molecule has 0 bridgehead atoms. The van der Waals surface area contributed by atoms with E-state index < -0.39 is 12.0 Å². The Morgan fingerprint density at radius 1 is 1.17 bits per heavy atom. The van der Waals surface area contributed by atoms with Gasteiger partial charge in [-0.2, -0.15) is 0 Å².